The Morgan fingerprint density at radius 1 is 1.35 bits per heavy atom. The number of carbonyl (C=O) groups is 2. The highest BCUT2D eigenvalue weighted by Crippen LogP contribution is 2.25. The first-order valence-electron chi connectivity index (χ1n) is 7.86. The van der Waals surface area contributed by atoms with E-state index < -0.39 is 0 Å². The summed E-state index contributed by atoms with van der Waals surface area (Å²) in [5.41, 5.74) is 1.07. The summed E-state index contributed by atoms with van der Waals surface area (Å²) in [7, 11) is 1.97. The van der Waals surface area contributed by atoms with Gasteiger partial charge in [-0.2, -0.15) is 0 Å². The Morgan fingerprint density at radius 3 is 3.00 bits per heavy atom. The lowest BCUT2D eigenvalue weighted by Gasteiger charge is -2.15. The maximum Gasteiger partial charge on any atom is 0.258 e. The molecule has 0 saturated carbocycles. The third-order valence-electron chi connectivity index (χ3n) is 4.12. The van der Waals surface area contributed by atoms with Gasteiger partial charge in [0.1, 0.15) is 5.75 Å². The molecule has 6 nitrogen and oxygen atoms in total. The predicted molar refractivity (Wildman–Crippen MR) is 87.2 cm³/mol. The first-order chi connectivity index (χ1) is 11.1. The van der Waals surface area contributed by atoms with Crippen LogP contribution >= 0.6 is 0 Å². The number of hydrogen-bond donors (Lipinski definition) is 1. The van der Waals surface area contributed by atoms with Gasteiger partial charge < -0.3 is 19.5 Å². The average Bonchev–Trinajstić information content (AvgIpc) is 3.12. The summed E-state index contributed by atoms with van der Waals surface area (Å²) in [6.45, 7) is 1.80. The number of carbonyl (C=O) groups excluding carboxylic acids is 2. The molecule has 0 radical (unpaired) electrons. The van der Waals surface area contributed by atoms with Gasteiger partial charge in [-0.15, -0.1) is 0 Å². The molecule has 0 aliphatic carbocycles. The zero-order valence-electron chi connectivity index (χ0n) is 13.2. The van der Waals surface area contributed by atoms with Gasteiger partial charge in [0.15, 0.2) is 6.61 Å². The summed E-state index contributed by atoms with van der Waals surface area (Å²) < 4.78 is 7.64. The monoisotopic (exact) mass is 315 g/mol. The van der Waals surface area contributed by atoms with Gasteiger partial charge in [-0.1, -0.05) is 6.07 Å². The zero-order chi connectivity index (χ0) is 16.2. The molecule has 2 aromatic rings. The lowest BCUT2D eigenvalue weighted by Crippen LogP contribution is -2.37. The number of rotatable bonds is 6. The fourth-order valence-corrected chi connectivity index (χ4v) is 2.87. The SMILES string of the molecule is Cn1ccc2c(OCC(=O)NCCN3CCCC3=O)cccc21. The second-order valence-corrected chi connectivity index (χ2v) is 5.74. The van der Waals surface area contributed by atoms with E-state index in [-0.39, 0.29) is 18.4 Å². The zero-order valence-corrected chi connectivity index (χ0v) is 13.2. The van der Waals surface area contributed by atoms with E-state index in [1.807, 2.05) is 42.1 Å². The second-order valence-electron chi connectivity index (χ2n) is 5.74. The van der Waals surface area contributed by atoms with Crippen molar-refractivity contribution in [3.05, 3.63) is 30.5 Å². The molecular formula is C17H21N3O3. The fourth-order valence-electron chi connectivity index (χ4n) is 2.87. The fraction of sp³-hybridized carbons (Fsp3) is 0.412. The molecule has 2 heterocycles. The minimum absolute atomic E-state index is 0.0258. The number of fused-ring (bicyclic) bond motifs is 1. The molecule has 23 heavy (non-hydrogen) atoms. The maximum absolute atomic E-state index is 11.9. The molecule has 1 N–H and O–H groups in total. The maximum atomic E-state index is 11.9. The van der Waals surface area contributed by atoms with Gasteiger partial charge in [-0.05, 0) is 24.6 Å². The van der Waals surface area contributed by atoms with E-state index in [4.69, 9.17) is 4.74 Å². The standard InChI is InChI=1S/C17H21N3O3/c1-19-10-7-13-14(19)4-2-5-15(13)23-12-16(21)18-8-11-20-9-3-6-17(20)22/h2,4-5,7,10H,3,6,8-9,11-12H2,1H3,(H,18,21). The van der Waals surface area contributed by atoms with Crippen LogP contribution in [0.3, 0.4) is 0 Å². The highest BCUT2D eigenvalue weighted by atomic mass is 16.5. The van der Waals surface area contributed by atoms with Crippen molar-refractivity contribution >= 4 is 22.7 Å². The molecule has 1 aliphatic heterocycles. The molecule has 1 aromatic heterocycles. The van der Waals surface area contributed by atoms with Gasteiger partial charge in [-0.3, -0.25) is 9.59 Å². The number of aryl methyl sites for hydroxylation is 1. The van der Waals surface area contributed by atoms with Gasteiger partial charge in [-0.25, -0.2) is 0 Å². The molecule has 1 saturated heterocycles. The number of aromatic nitrogens is 1. The van der Waals surface area contributed by atoms with Crippen LogP contribution < -0.4 is 10.1 Å². The third kappa shape index (κ3) is 3.47. The van der Waals surface area contributed by atoms with E-state index in [0.717, 1.165) is 23.9 Å². The van der Waals surface area contributed by atoms with Crippen LogP contribution in [0.15, 0.2) is 30.5 Å². The van der Waals surface area contributed by atoms with Gasteiger partial charge in [0, 0.05) is 44.7 Å². The number of amides is 2. The van der Waals surface area contributed by atoms with Crippen LogP contribution in [-0.4, -0.2) is 47.5 Å². The normalized spacial score (nSPS) is 14.5. The van der Waals surface area contributed by atoms with Crippen LogP contribution in [0.25, 0.3) is 10.9 Å². The van der Waals surface area contributed by atoms with Crippen LogP contribution in [0, 0.1) is 0 Å². The van der Waals surface area contributed by atoms with Crippen LogP contribution in [0.4, 0.5) is 0 Å². The smallest absolute Gasteiger partial charge is 0.258 e. The molecule has 1 aromatic carbocycles. The van der Waals surface area contributed by atoms with E-state index in [1.165, 1.54) is 0 Å². The number of benzene rings is 1. The Bertz CT molecular complexity index is 723. The van der Waals surface area contributed by atoms with Crippen molar-refractivity contribution in [2.24, 2.45) is 7.05 Å². The van der Waals surface area contributed by atoms with Crippen molar-refractivity contribution in [3.8, 4) is 5.75 Å². The molecule has 2 amide bonds. The van der Waals surface area contributed by atoms with Gasteiger partial charge in [0.25, 0.3) is 5.91 Å². The molecule has 122 valence electrons. The Morgan fingerprint density at radius 2 is 2.22 bits per heavy atom. The van der Waals surface area contributed by atoms with E-state index in [9.17, 15) is 9.59 Å². The van der Waals surface area contributed by atoms with E-state index in [2.05, 4.69) is 5.32 Å². The molecular weight excluding hydrogens is 294 g/mol. The molecule has 3 rings (SSSR count). The van der Waals surface area contributed by atoms with Crippen LogP contribution in [0.2, 0.25) is 0 Å². The van der Waals surface area contributed by atoms with Crippen molar-refractivity contribution < 1.29 is 14.3 Å². The Kier molecular flexibility index (Phi) is 4.50. The number of nitrogens with one attached hydrogen (secondary N) is 1. The van der Waals surface area contributed by atoms with Gasteiger partial charge in [0.05, 0.1) is 5.52 Å². The summed E-state index contributed by atoms with van der Waals surface area (Å²) in [6, 6.07) is 7.75. The topological polar surface area (TPSA) is 63.6 Å². The molecule has 1 fully saturated rings. The Hall–Kier alpha value is -2.50. The third-order valence-corrected chi connectivity index (χ3v) is 4.12. The van der Waals surface area contributed by atoms with Gasteiger partial charge in [0.2, 0.25) is 5.91 Å². The highest BCUT2D eigenvalue weighted by Gasteiger charge is 2.19. The molecule has 0 unspecified atom stereocenters. The molecule has 1 aliphatic rings. The van der Waals surface area contributed by atoms with Crippen LogP contribution in [0.5, 0.6) is 5.75 Å². The van der Waals surface area contributed by atoms with E-state index in [1.54, 1.807) is 4.90 Å². The lowest BCUT2D eigenvalue weighted by molar-refractivity contribution is -0.128. The van der Waals surface area contributed by atoms with Crippen LogP contribution in [0.1, 0.15) is 12.8 Å². The van der Waals surface area contributed by atoms with E-state index >= 15 is 0 Å². The second kappa shape index (κ2) is 6.73. The number of nitrogens with zero attached hydrogens (tertiary/aromatic N) is 2. The largest absolute Gasteiger partial charge is 0.483 e. The first kappa shape index (κ1) is 15.4. The quantitative estimate of drug-likeness (QED) is 0.874. The summed E-state index contributed by atoms with van der Waals surface area (Å²) in [5, 5.41) is 3.78. The van der Waals surface area contributed by atoms with Crippen molar-refractivity contribution in [1.29, 1.82) is 0 Å². The molecule has 0 spiro atoms. The van der Waals surface area contributed by atoms with Crippen molar-refractivity contribution in [3.63, 3.8) is 0 Å². The van der Waals surface area contributed by atoms with Crippen molar-refractivity contribution in [2.75, 3.05) is 26.2 Å². The first-order valence-corrected chi connectivity index (χ1v) is 7.86. The number of hydrogen-bond acceptors (Lipinski definition) is 3. The van der Waals surface area contributed by atoms with Gasteiger partial charge >= 0.3 is 0 Å². The summed E-state index contributed by atoms with van der Waals surface area (Å²) in [5.74, 6) is 0.698. The Labute approximate surface area is 135 Å². The van der Waals surface area contributed by atoms with Crippen molar-refractivity contribution in [2.45, 2.75) is 12.8 Å². The minimum Gasteiger partial charge on any atom is -0.483 e. The van der Waals surface area contributed by atoms with Crippen molar-refractivity contribution in [1.82, 2.24) is 14.8 Å². The molecule has 6 heteroatoms. The minimum atomic E-state index is -0.176. The Balaban J connectivity index is 1.47. The molecule has 0 atom stereocenters. The summed E-state index contributed by atoms with van der Waals surface area (Å²) in [6.07, 6.45) is 3.50. The number of ether oxygens (including phenoxy) is 1. The summed E-state index contributed by atoms with van der Waals surface area (Å²) >= 11 is 0. The van der Waals surface area contributed by atoms with E-state index in [0.29, 0.717) is 25.3 Å². The predicted octanol–water partition coefficient (Wildman–Crippen LogP) is 1.30. The highest BCUT2D eigenvalue weighted by molar-refractivity contribution is 5.87. The average molecular weight is 315 g/mol. The molecule has 0 bridgehead atoms. The number of likely N-dealkylation sites (tertiary alicyclic amines) is 1. The lowest BCUT2D eigenvalue weighted by atomic mass is 10.2. The van der Waals surface area contributed by atoms with Crippen LogP contribution in [-0.2, 0) is 16.6 Å². The summed E-state index contributed by atoms with van der Waals surface area (Å²) in [4.78, 5) is 25.1.